The zero-order valence-corrected chi connectivity index (χ0v) is 13.9. The zero-order chi connectivity index (χ0) is 16.1. The lowest BCUT2D eigenvalue weighted by atomic mass is 10.2. The molecule has 0 radical (unpaired) electrons. The second-order valence-electron chi connectivity index (χ2n) is 4.99. The Balaban J connectivity index is 1.57. The van der Waals surface area contributed by atoms with Crippen LogP contribution in [-0.4, -0.2) is 24.2 Å². The van der Waals surface area contributed by atoms with E-state index in [0.717, 1.165) is 45.7 Å². The first-order valence-corrected chi connectivity index (χ1v) is 8.12. The van der Waals surface area contributed by atoms with Crippen molar-refractivity contribution in [1.29, 1.82) is 0 Å². The van der Waals surface area contributed by atoms with Crippen molar-refractivity contribution in [2.45, 2.75) is 13.1 Å². The van der Waals surface area contributed by atoms with Crippen LogP contribution in [-0.2, 0) is 13.1 Å². The lowest BCUT2D eigenvalue weighted by Crippen LogP contribution is -2.12. The Kier molecular flexibility index (Phi) is 4.95. The average molecular weight is 329 g/mol. The molecule has 0 spiro atoms. The predicted molar refractivity (Wildman–Crippen MR) is 92.0 cm³/mol. The molecule has 23 heavy (non-hydrogen) atoms. The van der Waals surface area contributed by atoms with Crippen molar-refractivity contribution in [2.24, 2.45) is 0 Å². The van der Waals surface area contributed by atoms with Gasteiger partial charge in [0.25, 0.3) is 0 Å². The molecule has 0 atom stereocenters. The number of H-pyrrole nitrogens is 1. The molecule has 120 valence electrons. The summed E-state index contributed by atoms with van der Waals surface area (Å²) in [6.45, 7) is 1.48. The maximum atomic E-state index is 5.32. The first-order chi connectivity index (χ1) is 11.3. The maximum Gasteiger partial charge on any atom is 0.161 e. The minimum Gasteiger partial charge on any atom is -0.493 e. The fourth-order valence-electron chi connectivity index (χ4n) is 2.30. The topological polar surface area (TPSA) is 59.2 Å². The summed E-state index contributed by atoms with van der Waals surface area (Å²) in [7, 11) is 3.28. The van der Waals surface area contributed by atoms with Crippen LogP contribution in [0.5, 0.6) is 11.5 Å². The fourth-order valence-corrected chi connectivity index (χ4v) is 3.18. The molecular weight excluding hydrogens is 310 g/mol. The highest BCUT2D eigenvalue weighted by atomic mass is 32.1. The second-order valence-corrected chi connectivity index (χ2v) is 6.11. The molecule has 0 amide bonds. The summed E-state index contributed by atoms with van der Waals surface area (Å²) in [5, 5.41) is 4.47. The van der Waals surface area contributed by atoms with Crippen molar-refractivity contribution in [3.63, 3.8) is 0 Å². The first-order valence-electron chi connectivity index (χ1n) is 7.30. The number of hydrogen-bond donors (Lipinski definition) is 2. The molecule has 0 unspecified atom stereocenters. The number of nitrogens with zero attached hydrogens (tertiary/aromatic N) is 1. The van der Waals surface area contributed by atoms with Crippen LogP contribution in [0.4, 0.5) is 0 Å². The number of nitrogens with one attached hydrogen (secondary N) is 2. The van der Waals surface area contributed by atoms with Crippen molar-refractivity contribution in [3.05, 3.63) is 53.3 Å². The van der Waals surface area contributed by atoms with Gasteiger partial charge in [-0.1, -0.05) is 6.07 Å². The summed E-state index contributed by atoms with van der Waals surface area (Å²) in [6.07, 6.45) is 3.83. The van der Waals surface area contributed by atoms with Crippen LogP contribution < -0.4 is 14.8 Å². The number of aromatic nitrogens is 2. The normalized spacial score (nSPS) is 10.7. The van der Waals surface area contributed by atoms with Crippen molar-refractivity contribution < 1.29 is 9.47 Å². The van der Waals surface area contributed by atoms with Crippen LogP contribution in [0.15, 0.2) is 42.7 Å². The molecule has 5 nitrogen and oxygen atoms in total. The van der Waals surface area contributed by atoms with Crippen LogP contribution in [0, 0.1) is 0 Å². The van der Waals surface area contributed by atoms with E-state index in [2.05, 4.69) is 15.3 Å². The summed E-state index contributed by atoms with van der Waals surface area (Å²) in [5.74, 6) is 1.49. The van der Waals surface area contributed by atoms with Gasteiger partial charge in [0.1, 0.15) is 5.01 Å². The molecule has 3 aromatic rings. The van der Waals surface area contributed by atoms with Crippen molar-refractivity contribution >= 4 is 11.3 Å². The van der Waals surface area contributed by atoms with Crippen LogP contribution >= 0.6 is 11.3 Å². The van der Waals surface area contributed by atoms with Gasteiger partial charge in [0.15, 0.2) is 11.5 Å². The molecule has 0 bridgehead atoms. The predicted octanol–water partition coefficient (Wildman–Crippen LogP) is 3.45. The van der Waals surface area contributed by atoms with Crippen molar-refractivity contribution in [3.8, 4) is 22.1 Å². The highest BCUT2D eigenvalue weighted by Crippen LogP contribution is 2.27. The summed E-state index contributed by atoms with van der Waals surface area (Å²) in [6, 6.07) is 9.97. The highest BCUT2D eigenvalue weighted by molar-refractivity contribution is 7.15. The lowest BCUT2D eigenvalue weighted by Gasteiger charge is -2.09. The number of ether oxygens (including phenoxy) is 2. The van der Waals surface area contributed by atoms with E-state index in [9.17, 15) is 0 Å². The van der Waals surface area contributed by atoms with Gasteiger partial charge < -0.3 is 19.8 Å². The van der Waals surface area contributed by atoms with Gasteiger partial charge in [0.05, 0.1) is 24.8 Å². The lowest BCUT2D eigenvalue weighted by molar-refractivity contribution is 0.354. The van der Waals surface area contributed by atoms with E-state index in [0.29, 0.717) is 0 Å². The number of rotatable bonds is 7. The molecule has 2 aromatic heterocycles. The van der Waals surface area contributed by atoms with Gasteiger partial charge in [0.2, 0.25) is 0 Å². The quantitative estimate of drug-likeness (QED) is 0.697. The van der Waals surface area contributed by atoms with Crippen LogP contribution in [0.1, 0.15) is 10.6 Å². The van der Waals surface area contributed by atoms with Crippen LogP contribution in [0.3, 0.4) is 0 Å². The van der Waals surface area contributed by atoms with Crippen LogP contribution in [0.2, 0.25) is 0 Å². The maximum absolute atomic E-state index is 5.32. The minimum atomic E-state index is 0.736. The van der Waals surface area contributed by atoms with Gasteiger partial charge in [0, 0.05) is 25.5 Å². The number of aromatic amines is 1. The fraction of sp³-hybridized carbons (Fsp3) is 0.235. The molecule has 0 aliphatic heterocycles. The summed E-state index contributed by atoms with van der Waals surface area (Å²) < 4.78 is 10.6. The number of benzene rings is 1. The van der Waals surface area contributed by atoms with Crippen molar-refractivity contribution in [1.82, 2.24) is 15.3 Å². The summed E-state index contributed by atoms with van der Waals surface area (Å²) in [4.78, 5) is 8.80. The average Bonchev–Trinajstić information content (AvgIpc) is 3.26. The van der Waals surface area contributed by atoms with Gasteiger partial charge in [-0.05, 0) is 29.8 Å². The molecule has 6 heteroatoms. The Hall–Kier alpha value is -2.31. The largest absolute Gasteiger partial charge is 0.493 e. The van der Waals surface area contributed by atoms with Crippen molar-refractivity contribution in [2.75, 3.05) is 14.2 Å². The molecule has 0 aliphatic carbocycles. The Morgan fingerprint density at radius 3 is 2.74 bits per heavy atom. The van der Waals surface area contributed by atoms with E-state index in [-0.39, 0.29) is 0 Å². The zero-order valence-electron chi connectivity index (χ0n) is 13.1. The number of thiazole rings is 1. The molecule has 0 saturated carbocycles. The van der Waals surface area contributed by atoms with Gasteiger partial charge in [-0.15, -0.1) is 11.3 Å². The van der Waals surface area contributed by atoms with E-state index in [4.69, 9.17) is 9.47 Å². The first kappa shape index (κ1) is 15.6. The van der Waals surface area contributed by atoms with Gasteiger partial charge in [-0.3, -0.25) is 0 Å². The van der Waals surface area contributed by atoms with E-state index in [1.165, 1.54) is 0 Å². The highest BCUT2D eigenvalue weighted by Gasteiger charge is 2.06. The Morgan fingerprint density at radius 2 is 2.00 bits per heavy atom. The van der Waals surface area contributed by atoms with Crippen LogP contribution in [0.25, 0.3) is 10.6 Å². The molecule has 2 N–H and O–H groups in total. The third-order valence-electron chi connectivity index (χ3n) is 3.47. The van der Waals surface area contributed by atoms with Gasteiger partial charge in [-0.2, -0.15) is 0 Å². The number of hydrogen-bond acceptors (Lipinski definition) is 5. The van der Waals surface area contributed by atoms with E-state index in [1.54, 1.807) is 25.6 Å². The van der Waals surface area contributed by atoms with E-state index in [1.807, 2.05) is 42.7 Å². The van der Waals surface area contributed by atoms with Gasteiger partial charge in [-0.25, -0.2) is 4.98 Å². The molecular formula is C17H19N3O2S. The summed E-state index contributed by atoms with van der Waals surface area (Å²) in [5.41, 5.74) is 2.25. The number of methoxy groups -OCH3 is 2. The Morgan fingerprint density at radius 1 is 1.13 bits per heavy atom. The third kappa shape index (κ3) is 3.72. The van der Waals surface area contributed by atoms with E-state index < -0.39 is 0 Å². The Bertz CT molecular complexity index is 753. The van der Waals surface area contributed by atoms with E-state index >= 15 is 0 Å². The second kappa shape index (κ2) is 7.30. The van der Waals surface area contributed by atoms with Gasteiger partial charge >= 0.3 is 0 Å². The standard InChI is InChI=1S/C17H19N3O2S/c1-21-14-6-5-12(8-15(14)22-2)9-18-11-17-20-10-16(23-17)13-4-3-7-19-13/h3-8,10,18-19H,9,11H2,1-2H3. The Labute approximate surface area is 139 Å². The molecule has 1 aromatic carbocycles. The smallest absolute Gasteiger partial charge is 0.161 e. The molecule has 0 aliphatic rings. The summed E-state index contributed by atoms with van der Waals surface area (Å²) >= 11 is 1.69. The molecule has 2 heterocycles. The molecule has 0 fully saturated rings. The monoisotopic (exact) mass is 329 g/mol. The third-order valence-corrected chi connectivity index (χ3v) is 4.50. The minimum absolute atomic E-state index is 0.736. The molecule has 0 saturated heterocycles. The molecule has 3 rings (SSSR count). The SMILES string of the molecule is COc1ccc(CNCc2ncc(-c3ccc[nH]3)s2)cc1OC.